The zero-order chi connectivity index (χ0) is 23.0. The predicted octanol–water partition coefficient (Wildman–Crippen LogP) is 3.73. The number of benzene rings is 2. The van der Waals surface area contributed by atoms with Crippen molar-refractivity contribution in [2.24, 2.45) is 0 Å². The van der Waals surface area contributed by atoms with Crippen LogP contribution in [0, 0.1) is 21.0 Å². The molecule has 2 aromatic carbocycles. The molecule has 2 atom stereocenters. The lowest BCUT2D eigenvalue weighted by molar-refractivity contribution is -0.153. The fourth-order valence-corrected chi connectivity index (χ4v) is 5.86. The zero-order valence-electron chi connectivity index (χ0n) is 17.9. The molecule has 31 heavy (non-hydrogen) atoms. The number of hydrogen-bond donors (Lipinski definition) is 2. The van der Waals surface area contributed by atoms with Crippen molar-refractivity contribution in [1.29, 1.82) is 0 Å². The van der Waals surface area contributed by atoms with Crippen LogP contribution >= 0.6 is 45.2 Å². The molecule has 1 aliphatic rings. The number of carboxylic acid groups (broad SMARTS) is 1. The first-order valence-corrected chi connectivity index (χ1v) is 12.1. The number of hydrogen-bond acceptors (Lipinski definition) is 4. The molecule has 2 aromatic rings. The fourth-order valence-electron chi connectivity index (χ4n) is 4.15. The van der Waals surface area contributed by atoms with E-state index in [9.17, 15) is 19.8 Å². The second-order valence-electron chi connectivity index (χ2n) is 8.18. The van der Waals surface area contributed by atoms with E-state index in [1.165, 1.54) is 4.90 Å². The highest BCUT2D eigenvalue weighted by atomic mass is 127. The molecule has 0 bridgehead atoms. The largest absolute Gasteiger partial charge is 0.506 e. The van der Waals surface area contributed by atoms with E-state index in [0.29, 0.717) is 19.4 Å². The van der Waals surface area contributed by atoms with Crippen LogP contribution in [0.25, 0.3) is 0 Å². The van der Waals surface area contributed by atoms with Gasteiger partial charge < -0.3 is 15.1 Å². The Balaban J connectivity index is 1.99. The quantitative estimate of drug-likeness (QED) is 0.484. The summed E-state index contributed by atoms with van der Waals surface area (Å²) in [5.41, 5.74) is 4.90. The number of carbonyl (C=O) groups excluding carboxylic acids is 1. The summed E-state index contributed by atoms with van der Waals surface area (Å²) in [7, 11) is 3.69. The van der Waals surface area contributed by atoms with Gasteiger partial charge in [-0.05, 0) is 107 Å². The Bertz CT molecular complexity index is 1010. The van der Waals surface area contributed by atoms with E-state index in [1.807, 2.05) is 57.1 Å². The van der Waals surface area contributed by atoms with Gasteiger partial charge in [0.05, 0.1) is 13.2 Å². The molecular weight excluding hydrogens is 622 g/mol. The number of nitrogens with zero attached hydrogens (tertiary/aromatic N) is 2. The fraction of sp³-hybridized carbons (Fsp3) is 0.391. The van der Waals surface area contributed by atoms with Gasteiger partial charge in [0.2, 0.25) is 5.91 Å². The first-order chi connectivity index (χ1) is 14.5. The highest BCUT2D eigenvalue weighted by Crippen LogP contribution is 2.36. The highest BCUT2D eigenvalue weighted by molar-refractivity contribution is 14.1. The summed E-state index contributed by atoms with van der Waals surface area (Å²) < 4.78 is 1.56. The Kier molecular flexibility index (Phi) is 7.52. The molecule has 8 heteroatoms. The van der Waals surface area contributed by atoms with Gasteiger partial charge in [-0.15, -0.1) is 0 Å². The van der Waals surface area contributed by atoms with E-state index in [4.69, 9.17) is 0 Å². The Morgan fingerprint density at radius 2 is 1.68 bits per heavy atom. The van der Waals surface area contributed by atoms with Gasteiger partial charge in [-0.25, -0.2) is 4.79 Å². The van der Waals surface area contributed by atoms with E-state index >= 15 is 0 Å². The van der Waals surface area contributed by atoms with E-state index in [2.05, 4.69) is 45.2 Å². The summed E-state index contributed by atoms with van der Waals surface area (Å²) in [6, 6.07) is 6.31. The van der Waals surface area contributed by atoms with E-state index < -0.39 is 18.1 Å². The van der Waals surface area contributed by atoms with Gasteiger partial charge in [0.1, 0.15) is 11.8 Å². The van der Waals surface area contributed by atoms with Crippen molar-refractivity contribution in [3.8, 4) is 5.75 Å². The summed E-state index contributed by atoms with van der Waals surface area (Å²) in [4.78, 5) is 29.1. The lowest BCUT2D eigenvalue weighted by atomic mass is 9.91. The average Bonchev–Trinajstić information content (AvgIpc) is 2.74. The third-order valence-corrected chi connectivity index (χ3v) is 8.74. The zero-order valence-corrected chi connectivity index (χ0v) is 22.3. The summed E-state index contributed by atoms with van der Waals surface area (Å²) in [6.07, 6.45) is 0.755. The van der Waals surface area contributed by atoms with Crippen molar-refractivity contribution >= 4 is 57.1 Å². The Labute approximate surface area is 209 Å². The number of fused-ring (bicyclic) bond motifs is 1. The van der Waals surface area contributed by atoms with Crippen molar-refractivity contribution in [3.05, 3.63) is 59.2 Å². The molecule has 0 saturated carbocycles. The number of phenols is 1. The maximum absolute atomic E-state index is 13.7. The smallest absolute Gasteiger partial charge is 0.326 e. The number of amides is 1. The molecule has 6 nitrogen and oxygen atoms in total. The minimum absolute atomic E-state index is 0.191. The van der Waals surface area contributed by atoms with Crippen LogP contribution in [0.15, 0.2) is 24.3 Å². The molecule has 2 N–H and O–H groups in total. The molecule has 1 amide bonds. The van der Waals surface area contributed by atoms with Crippen LogP contribution in [0.3, 0.4) is 0 Å². The molecule has 1 heterocycles. The normalized spacial score (nSPS) is 16.9. The van der Waals surface area contributed by atoms with Crippen LogP contribution in [0.1, 0.15) is 27.8 Å². The number of likely N-dealkylation sites (N-methyl/N-ethyl adjacent to an activating group) is 1. The summed E-state index contributed by atoms with van der Waals surface area (Å²) in [6.45, 7) is 4.20. The minimum Gasteiger partial charge on any atom is -0.506 e. The predicted molar refractivity (Wildman–Crippen MR) is 136 cm³/mol. The standard InChI is InChI=1S/C23H26I2N2O4/c1-12-16(13(2)20(25)21(28)19(12)24)10-17(26(3)4)22(29)27-11-15-8-6-5-7-14(15)9-18(27)23(30)31/h5-8,17-18,28H,9-11H2,1-4H3,(H,30,31)/t17-,18?/m0/s1. The number of phenolic OH excluding ortho intramolecular Hbond substituents is 1. The molecule has 0 aliphatic carbocycles. The molecule has 0 saturated heterocycles. The van der Waals surface area contributed by atoms with Crippen molar-refractivity contribution in [2.45, 2.75) is 45.3 Å². The molecular formula is C23H26I2N2O4. The van der Waals surface area contributed by atoms with Gasteiger partial charge >= 0.3 is 5.97 Å². The van der Waals surface area contributed by atoms with E-state index in [-0.39, 0.29) is 11.7 Å². The van der Waals surface area contributed by atoms with Crippen LogP contribution in [0.2, 0.25) is 0 Å². The van der Waals surface area contributed by atoms with Crippen molar-refractivity contribution < 1.29 is 19.8 Å². The third kappa shape index (κ3) is 4.70. The number of aliphatic carboxylic acids is 1. The first-order valence-electron chi connectivity index (χ1n) is 9.97. The van der Waals surface area contributed by atoms with Crippen molar-refractivity contribution in [2.75, 3.05) is 14.1 Å². The van der Waals surface area contributed by atoms with Crippen LogP contribution in [0.4, 0.5) is 0 Å². The number of carboxylic acids is 1. The minimum atomic E-state index is -0.985. The number of carbonyl (C=O) groups is 2. The average molecular weight is 648 g/mol. The van der Waals surface area contributed by atoms with Gasteiger partial charge in [0, 0.05) is 13.0 Å². The number of aromatic hydroxyl groups is 1. The number of rotatable bonds is 5. The second kappa shape index (κ2) is 9.62. The Morgan fingerprint density at radius 3 is 2.19 bits per heavy atom. The number of halogens is 2. The maximum Gasteiger partial charge on any atom is 0.326 e. The van der Waals surface area contributed by atoms with Gasteiger partial charge in [-0.2, -0.15) is 0 Å². The molecule has 0 aromatic heterocycles. The second-order valence-corrected chi connectivity index (χ2v) is 10.3. The SMILES string of the molecule is Cc1c(I)c(O)c(I)c(C)c1C[C@@H](C(=O)N1Cc2ccccc2CC1C(=O)O)N(C)C. The van der Waals surface area contributed by atoms with Crippen LogP contribution in [-0.2, 0) is 29.0 Å². The lowest BCUT2D eigenvalue weighted by Crippen LogP contribution is -2.55. The first kappa shape index (κ1) is 24.2. The molecule has 0 spiro atoms. The maximum atomic E-state index is 13.7. The van der Waals surface area contributed by atoms with Crippen LogP contribution in [-0.4, -0.2) is 58.1 Å². The highest BCUT2D eigenvalue weighted by Gasteiger charge is 2.38. The monoisotopic (exact) mass is 648 g/mol. The van der Waals surface area contributed by atoms with E-state index in [1.54, 1.807) is 0 Å². The third-order valence-electron chi connectivity index (χ3n) is 6.10. The topological polar surface area (TPSA) is 81.1 Å². The van der Waals surface area contributed by atoms with E-state index in [0.717, 1.165) is 35.0 Å². The molecule has 0 fully saturated rings. The van der Waals surface area contributed by atoms with Gasteiger partial charge in [0.15, 0.2) is 0 Å². The Hall–Kier alpha value is -1.40. The van der Waals surface area contributed by atoms with Crippen molar-refractivity contribution in [3.63, 3.8) is 0 Å². The van der Waals surface area contributed by atoms with Crippen molar-refractivity contribution in [1.82, 2.24) is 9.80 Å². The molecule has 1 unspecified atom stereocenters. The van der Waals surface area contributed by atoms with Gasteiger partial charge in [-0.3, -0.25) is 9.69 Å². The van der Waals surface area contributed by atoms with Gasteiger partial charge in [-0.1, -0.05) is 24.3 Å². The molecule has 166 valence electrons. The van der Waals surface area contributed by atoms with Crippen LogP contribution in [0.5, 0.6) is 5.75 Å². The lowest BCUT2D eigenvalue weighted by Gasteiger charge is -2.38. The molecule has 3 rings (SSSR count). The molecule has 0 radical (unpaired) electrons. The summed E-state index contributed by atoms with van der Waals surface area (Å²) >= 11 is 4.26. The summed E-state index contributed by atoms with van der Waals surface area (Å²) in [5, 5.41) is 20.2. The molecule has 1 aliphatic heterocycles. The summed E-state index contributed by atoms with van der Waals surface area (Å²) in [5.74, 6) is -0.906. The van der Waals surface area contributed by atoms with Crippen LogP contribution < -0.4 is 0 Å². The van der Waals surface area contributed by atoms with Gasteiger partial charge in [0.25, 0.3) is 0 Å². The Morgan fingerprint density at radius 1 is 1.13 bits per heavy atom.